The van der Waals surface area contributed by atoms with E-state index < -0.39 is 0 Å². The maximum absolute atomic E-state index is 13.1. The first-order valence-electron chi connectivity index (χ1n) is 14.7. The fourth-order valence-corrected chi connectivity index (χ4v) is 6.48. The second kappa shape index (κ2) is 11.9. The molecule has 1 atom stereocenters. The first kappa shape index (κ1) is 26.6. The van der Waals surface area contributed by atoms with E-state index in [1.807, 2.05) is 36.4 Å². The fraction of sp³-hybridized carbons (Fsp3) is 0.438. The molecule has 0 amide bonds. The van der Waals surface area contributed by atoms with Gasteiger partial charge in [-0.2, -0.15) is 0 Å². The number of nitrogens with zero attached hydrogens (tertiary/aromatic N) is 3. The standard InChI is InChI=1S/C32H40N6O2/c1-22-18-26(38-16-14-37(15-17-38)25-10-6-3-7-11-25)20-28-30(22)36-31(35-28)29-27(12-13-33-32(29)40)34-24(21-39)19-23-8-4-2-5-9-23/h2,4-5,8-9,12-13,18,20,24-25,39H,3,6-7,10-11,14-17,19,21H2,1H3,(H,35,36)(H2,33,34,40). The molecule has 0 radical (unpaired) electrons. The number of piperazine rings is 1. The SMILES string of the molecule is Cc1cc(N2CCN(C3CCCCC3)CC2)cc2[nH]c(-c3c(NC(CO)Cc4ccccc4)cc[nH]c3=O)nc12. The number of H-pyrrole nitrogens is 2. The Labute approximate surface area is 235 Å². The Morgan fingerprint density at radius 1 is 1.05 bits per heavy atom. The second-order valence-corrected chi connectivity index (χ2v) is 11.4. The van der Waals surface area contributed by atoms with Crippen molar-refractivity contribution in [1.82, 2.24) is 19.9 Å². The lowest BCUT2D eigenvalue weighted by Gasteiger charge is -2.41. The first-order chi connectivity index (χ1) is 19.6. The molecule has 210 valence electrons. The molecule has 2 aliphatic rings. The first-order valence-corrected chi connectivity index (χ1v) is 14.7. The Kier molecular flexibility index (Phi) is 7.89. The van der Waals surface area contributed by atoms with Crippen molar-refractivity contribution in [2.75, 3.05) is 43.0 Å². The number of benzene rings is 2. The van der Waals surface area contributed by atoms with Crippen LogP contribution in [-0.2, 0) is 6.42 Å². The van der Waals surface area contributed by atoms with Gasteiger partial charge in [0, 0.05) is 44.1 Å². The van der Waals surface area contributed by atoms with Crippen LogP contribution in [0.25, 0.3) is 22.4 Å². The molecule has 2 aromatic heterocycles. The molecule has 3 heterocycles. The van der Waals surface area contributed by atoms with Gasteiger partial charge in [-0.05, 0) is 55.5 Å². The van der Waals surface area contributed by atoms with E-state index in [4.69, 9.17) is 4.98 Å². The summed E-state index contributed by atoms with van der Waals surface area (Å²) in [5, 5.41) is 13.5. The maximum atomic E-state index is 13.1. The molecule has 2 fully saturated rings. The number of fused-ring (bicyclic) bond motifs is 1. The van der Waals surface area contributed by atoms with Crippen molar-refractivity contribution in [3.63, 3.8) is 0 Å². The third kappa shape index (κ3) is 5.64. The summed E-state index contributed by atoms with van der Waals surface area (Å²) in [7, 11) is 0. The Morgan fingerprint density at radius 2 is 1.82 bits per heavy atom. The largest absolute Gasteiger partial charge is 0.394 e. The number of aromatic nitrogens is 3. The number of aliphatic hydroxyl groups is 1. The number of pyridine rings is 1. The molecule has 4 N–H and O–H groups in total. The molecule has 1 saturated carbocycles. The van der Waals surface area contributed by atoms with Gasteiger partial charge in [-0.15, -0.1) is 0 Å². The van der Waals surface area contributed by atoms with Gasteiger partial charge in [0.15, 0.2) is 0 Å². The highest BCUT2D eigenvalue weighted by molar-refractivity contribution is 5.87. The van der Waals surface area contributed by atoms with E-state index >= 15 is 0 Å². The van der Waals surface area contributed by atoms with Gasteiger partial charge in [0.05, 0.1) is 29.4 Å². The smallest absolute Gasteiger partial charge is 0.261 e. The predicted octanol–water partition coefficient (Wildman–Crippen LogP) is 4.70. The van der Waals surface area contributed by atoms with E-state index in [1.54, 1.807) is 6.20 Å². The van der Waals surface area contributed by atoms with Crippen LogP contribution in [-0.4, -0.2) is 69.8 Å². The van der Waals surface area contributed by atoms with Crippen molar-refractivity contribution >= 4 is 22.4 Å². The number of imidazole rings is 1. The van der Waals surface area contributed by atoms with Crippen LogP contribution in [0.3, 0.4) is 0 Å². The summed E-state index contributed by atoms with van der Waals surface area (Å²) in [4.78, 5) is 29.4. The number of aromatic amines is 2. The van der Waals surface area contributed by atoms with Gasteiger partial charge < -0.3 is 25.3 Å². The normalized spacial score (nSPS) is 17.8. The highest BCUT2D eigenvalue weighted by atomic mass is 16.3. The van der Waals surface area contributed by atoms with Gasteiger partial charge in [0.2, 0.25) is 0 Å². The molecule has 1 aliphatic heterocycles. The van der Waals surface area contributed by atoms with Gasteiger partial charge in [0.1, 0.15) is 11.4 Å². The molecular weight excluding hydrogens is 500 g/mol. The second-order valence-electron chi connectivity index (χ2n) is 11.4. The monoisotopic (exact) mass is 540 g/mol. The Morgan fingerprint density at radius 3 is 2.58 bits per heavy atom. The van der Waals surface area contributed by atoms with E-state index in [-0.39, 0.29) is 18.2 Å². The zero-order valence-corrected chi connectivity index (χ0v) is 23.3. The summed E-state index contributed by atoms with van der Waals surface area (Å²) >= 11 is 0. The zero-order chi connectivity index (χ0) is 27.5. The van der Waals surface area contributed by atoms with Crippen LogP contribution in [0.4, 0.5) is 11.4 Å². The van der Waals surface area contributed by atoms with E-state index in [2.05, 4.69) is 44.1 Å². The van der Waals surface area contributed by atoms with Crippen LogP contribution >= 0.6 is 0 Å². The van der Waals surface area contributed by atoms with Gasteiger partial charge in [-0.1, -0.05) is 49.6 Å². The molecular formula is C32H40N6O2. The highest BCUT2D eigenvalue weighted by Crippen LogP contribution is 2.31. The van der Waals surface area contributed by atoms with E-state index in [1.165, 1.54) is 37.8 Å². The maximum Gasteiger partial charge on any atom is 0.261 e. The van der Waals surface area contributed by atoms with Crippen molar-refractivity contribution in [2.45, 2.75) is 57.5 Å². The number of aryl methyl sites for hydroxylation is 1. The minimum Gasteiger partial charge on any atom is -0.394 e. The van der Waals surface area contributed by atoms with Crippen molar-refractivity contribution < 1.29 is 5.11 Å². The molecule has 1 saturated heterocycles. The van der Waals surface area contributed by atoms with E-state index in [0.29, 0.717) is 23.5 Å². The third-order valence-electron chi connectivity index (χ3n) is 8.64. The average molecular weight is 541 g/mol. The predicted molar refractivity (Wildman–Crippen MR) is 162 cm³/mol. The molecule has 8 nitrogen and oxygen atoms in total. The van der Waals surface area contributed by atoms with Crippen LogP contribution in [0.5, 0.6) is 0 Å². The van der Waals surface area contributed by atoms with Crippen LogP contribution in [0.15, 0.2) is 59.5 Å². The molecule has 2 aromatic carbocycles. The van der Waals surface area contributed by atoms with Gasteiger partial charge >= 0.3 is 0 Å². The third-order valence-corrected chi connectivity index (χ3v) is 8.64. The van der Waals surface area contributed by atoms with Gasteiger partial charge in [-0.3, -0.25) is 9.69 Å². The highest BCUT2D eigenvalue weighted by Gasteiger charge is 2.26. The van der Waals surface area contributed by atoms with E-state index in [9.17, 15) is 9.90 Å². The lowest BCUT2D eigenvalue weighted by atomic mass is 9.94. The summed E-state index contributed by atoms with van der Waals surface area (Å²) in [6.07, 6.45) is 9.11. The van der Waals surface area contributed by atoms with Gasteiger partial charge in [-0.25, -0.2) is 4.98 Å². The lowest BCUT2D eigenvalue weighted by Crippen LogP contribution is -2.50. The van der Waals surface area contributed by atoms with Crippen LogP contribution < -0.4 is 15.8 Å². The minimum atomic E-state index is -0.243. The zero-order valence-electron chi connectivity index (χ0n) is 23.3. The Balaban J connectivity index is 1.23. The van der Waals surface area contributed by atoms with Crippen LogP contribution in [0.2, 0.25) is 0 Å². The molecule has 1 unspecified atom stereocenters. The average Bonchev–Trinajstić information content (AvgIpc) is 3.42. The summed E-state index contributed by atoms with van der Waals surface area (Å²) in [5.74, 6) is 0.526. The molecule has 8 heteroatoms. The molecule has 0 spiro atoms. The summed E-state index contributed by atoms with van der Waals surface area (Å²) in [6, 6.07) is 16.8. The number of hydrogen-bond donors (Lipinski definition) is 4. The number of hydrogen-bond acceptors (Lipinski definition) is 6. The number of rotatable bonds is 8. The molecule has 1 aliphatic carbocycles. The summed E-state index contributed by atoms with van der Waals surface area (Å²) in [6.45, 7) is 6.30. The molecule has 6 rings (SSSR count). The van der Waals surface area contributed by atoms with Crippen molar-refractivity contribution in [3.05, 3.63) is 76.2 Å². The summed E-state index contributed by atoms with van der Waals surface area (Å²) < 4.78 is 0. The molecule has 0 bridgehead atoms. The van der Waals surface area contributed by atoms with Crippen molar-refractivity contribution in [2.24, 2.45) is 0 Å². The minimum absolute atomic E-state index is 0.0578. The van der Waals surface area contributed by atoms with Gasteiger partial charge in [0.25, 0.3) is 5.56 Å². The molecule has 4 aromatic rings. The van der Waals surface area contributed by atoms with E-state index in [0.717, 1.165) is 54.4 Å². The van der Waals surface area contributed by atoms with Crippen LogP contribution in [0.1, 0.15) is 43.2 Å². The number of nitrogens with one attached hydrogen (secondary N) is 3. The Hall–Kier alpha value is -3.62. The number of aliphatic hydroxyl groups excluding tert-OH is 1. The molecule has 40 heavy (non-hydrogen) atoms. The summed E-state index contributed by atoms with van der Waals surface area (Å²) in [5.41, 5.74) is 6.08. The topological polar surface area (TPSA) is 100 Å². The number of anilines is 2. The van der Waals surface area contributed by atoms with Crippen molar-refractivity contribution in [3.8, 4) is 11.4 Å². The fourth-order valence-electron chi connectivity index (χ4n) is 6.48. The quantitative estimate of drug-likeness (QED) is 0.259. The van der Waals surface area contributed by atoms with Crippen molar-refractivity contribution in [1.29, 1.82) is 0 Å². The lowest BCUT2D eigenvalue weighted by molar-refractivity contribution is 0.148. The Bertz CT molecular complexity index is 1480. The van der Waals surface area contributed by atoms with Crippen LogP contribution in [0, 0.1) is 6.92 Å².